The van der Waals surface area contributed by atoms with Gasteiger partial charge in [0.2, 0.25) is 0 Å². The van der Waals surface area contributed by atoms with Gasteiger partial charge in [-0.3, -0.25) is 10.6 Å². The summed E-state index contributed by atoms with van der Waals surface area (Å²) in [5.74, 6) is 0. The highest BCUT2D eigenvalue weighted by molar-refractivity contribution is 6.40. The van der Waals surface area contributed by atoms with Crippen LogP contribution in [0.5, 0.6) is 0 Å². The van der Waals surface area contributed by atoms with E-state index in [2.05, 4.69) is 28.8 Å². The van der Waals surface area contributed by atoms with Crippen LogP contribution in [0.25, 0.3) is 21.8 Å². The molecule has 1 aromatic heterocycles. The summed E-state index contributed by atoms with van der Waals surface area (Å²) in [7, 11) is 0. The van der Waals surface area contributed by atoms with E-state index in [-0.39, 0.29) is 13.2 Å². The number of nitrogens with one attached hydrogen (secondary N) is 2. The predicted molar refractivity (Wildman–Crippen MR) is 115 cm³/mol. The number of amides is 2. The Labute approximate surface area is 172 Å². The Morgan fingerprint density at radius 1 is 0.897 bits per heavy atom. The van der Waals surface area contributed by atoms with Gasteiger partial charge in [-0.2, -0.15) is 0 Å². The number of fused-ring (bicyclic) bond motifs is 2. The van der Waals surface area contributed by atoms with E-state index < -0.39 is 12.2 Å². The molecule has 3 aromatic rings. The molecule has 1 heterocycles. The quantitative estimate of drug-likeness (QED) is 0.412. The molecule has 8 heteroatoms. The summed E-state index contributed by atoms with van der Waals surface area (Å²) < 4.78 is 9.83. The van der Waals surface area contributed by atoms with Crippen molar-refractivity contribution in [3.05, 3.63) is 66.7 Å². The van der Waals surface area contributed by atoms with Gasteiger partial charge in [0.25, 0.3) is 0 Å². The van der Waals surface area contributed by atoms with Crippen molar-refractivity contribution < 1.29 is 19.1 Å². The van der Waals surface area contributed by atoms with Gasteiger partial charge in [0.15, 0.2) is 0 Å². The molecule has 0 atom stereocenters. The molecule has 0 saturated carbocycles. The van der Waals surface area contributed by atoms with Crippen LogP contribution in [-0.2, 0) is 9.47 Å². The Bertz CT molecular complexity index is 1030. The van der Waals surface area contributed by atoms with E-state index in [1.807, 2.05) is 0 Å². The second-order valence-corrected chi connectivity index (χ2v) is 6.29. The Balaban J connectivity index is 1.93. The molecule has 0 aliphatic rings. The molecule has 2 amide bonds. The molecular weight excluding hydrogens is 394 g/mol. The minimum Gasteiger partial charge on any atom is -0.445 e. The van der Waals surface area contributed by atoms with Gasteiger partial charge in [0.05, 0.1) is 16.1 Å². The number of hydrogen-bond donors (Lipinski definition) is 2. The van der Waals surface area contributed by atoms with Gasteiger partial charge in [0, 0.05) is 22.1 Å². The average Bonchev–Trinajstić information content (AvgIpc) is 2.72. The number of pyridine rings is 1. The summed E-state index contributed by atoms with van der Waals surface area (Å²) in [6, 6.07) is 10.3. The van der Waals surface area contributed by atoms with Gasteiger partial charge in [-0.15, -0.1) is 0 Å². The number of halogens is 1. The zero-order valence-electron chi connectivity index (χ0n) is 15.4. The van der Waals surface area contributed by atoms with Crippen molar-refractivity contribution >= 4 is 57.0 Å². The number of rotatable bonds is 6. The van der Waals surface area contributed by atoms with Gasteiger partial charge in [-0.1, -0.05) is 36.9 Å². The molecule has 0 aliphatic carbocycles. The van der Waals surface area contributed by atoms with Crippen molar-refractivity contribution in [3.8, 4) is 0 Å². The fraction of sp³-hybridized carbons (Fsp3) is 0.0952. The van der Waals surface area contributed by atoms with Crippen molar-refractivity contribution in [1.29, 1.82) is 0 Å². The number of carbonyl (C=O) groups excluding carboxylic acids is 2. The summed E-state index contributed by atoms with van der Waals surface area (Å²) in [5.41, 5.74) is 2.35. The first-order valence-corrected chi connectivity index (χ1v) is 9.02. The lowest BCUT2D eigenvalue weighted by molar-refractivity contribution is 0.173. The molecule has 29 heavy (non-hydrogen) atoms. The van der Waals surface area contributed by atoms with Crippen molar-refractivity contribution in [3.63, 3.8) is 0 Å². The predicted octanol–water partition coefficient (Wildman–Crippen LogP) is 5.51. The standard InChI is InChI=1S/C21H18ClN3O4/c1-3-9-28-20(26)23-13-5-7-17-15(11-13)19(22)16-12-14(6-8-18(16)25-17)24-21(27)29-10-4-2/h3-8,11-12H,1-2,9-10H2,(H,23,26)(H,24,27). The number of nitrogens with zero attached hydrogens (tertiary/aromatic N) is 1. The summed E-state index contributed by atoms with van der Waals surface area (Å²) in [4.78, 5) is 28.1. The second-order valence-electron chi connectivity index (χ2n) is 5.91. The lowest BCUT2D eigenvalue weighted by Gasteiger charge is -2.11. The first kappa shape index (κ1) is 20.2. The fourth-order valence-corrected chi connectivity index (χ4v) is 2.93. The van der Waals surface area contributed by atoms with Crippen LogP contribution in [0.3, 0.4) is 0 Å². The lowest BCUT2D eigenvalue weighted by Crippen LogP contribution is -2.13. The van der Waals surface area contributed by atoms with Gasteiger partial charge in [-0.05, 0) is 36.4 Å². The van der Waals surface area contributed by atoms with E-state index in [0.29, 0.717) is 38.2 Å². The first-order chi connectivity index (χ1) is 14.0. The monoisotopic (exact) mass is 411 g/mol. The van der Waals surface area contributed by atoms with E-state index in [0.717, 1.165) is 0 Å². The molecule has 0 saturated heterocycles. The maximum absolute atomic E-state index is 11.7. The SMILES string of the molecule is C=CCOC(=O)Nc1ccc2nc3ccc(NC(=O)OCC=C)cc3c(Cl)c2c1. The highest BCUT2D eigenvalue weighted by Crippen LogP contribution is 2.33. The lowest BCUT2D eigenvalue weighted by atomic mass is 10.1. The minimum absolute atomic E-state index is 0.109. The number of ether oxygens (including phenoxy) is 2. The molecule has 0 unspecified atom stereocenters. The maximum atomic E-state index is 11.7. The third kappa shape index (κ3) is 4.83. The zero-order chi connectivity index (χ0) is 20.8. The minimum atomic E-state index is -0.598. The van der Waals surface area contributed by atoms with Gasteiger partial charge in [0.1, 0.15) is 13.2 Å². The van der Waals surface area contributed by atoms with E-state index in [9.17, 15) is 9.59 Å². The third-order valence-electron chi connectivity index (χ3n) is 3.86. The fourth-order valence-electron chi connectivity index (χ4n) is 2.63. The van der Waals surface area contributed by atoms with E-state index in [1.165, 1.54) is 12.2 Å². The van der Waals surface area contributed by atoms with E-state index in [1.54, 1.807) is 36.4 Å². The number of aromatic nitrogens is 1. The number of hydrogen-bond acceptors (Lipinski definition) is 5. The van der Waals surface area contributed by atoms with Crippen LogP contribution in [0.2, 0.25) is 5.02 Å². The average molecular weight is 412 g/mol. The number of carbonyl (C=O) groups is 2. The number of benzene rings is 2. The van der Waals surface area contributed by atoms with Gasteiger partial charge < -0.3 is 9.47 Å². The summed E-state index contributed by atoms with van der Waals surface area (Å²) >= 11 is 6.60. The van der Waals surface area contributed by atoms with Crippen LogP contribution in [-0.4, -0.2) is 30.4 Å². The van der Waals surface area contributed by atoms with Crippen molar-refractivity contribution in [1.82, 2.24) is 4.98 Å². The Kier molecular flexibility index (Phi) is 6.31. The molecule has 0 fully saturated rings. The molecule has 2 N–H and O–H groups in total. The Morgan fingerprint density at radius 2 is 1.34 bits per heavy atom. The molecular formula is C21H18ClN3O4. The highest BCUT2D eigenvalue weighted by Gasteiger charge is 2.11. The second kappa shape index (κ2) is 9.07. The van der Waals surface area contributed by atoms with Gasteiger partial charge >= 0.3 is 12.2 Å². The molecule has 0 spiro atoms. The molecule has 0 aliphatic heterocycles. The molecule has 0 bridgehead atoms. The molecule has 148 valence electrons. The largest absolute Gasteiger partial charge is 0.445 e. The van der Waals surface area contributed by atoms with Crippen molar-refractivity contribution in [2.24, 2.45) is 0 Å². The van der Waals surface area contributed by atoms with Crippen molar-refractivity contribution in [2.75, 3.05) is 23.8 Å². The number of anilines is 2. The summed E-state index contributed by atoms with van der Waals surface area (Å²) in [6.07, 6.45) is 1.76. The van der Waals surface area contributed by atoms with E-state index >= 15 is 0 Å². The van der Waals surface area contributed by atoms with Crippen LogP contribution in [0, 0.1) is 0 Å². The maximum Gasteiger partial charge on any atom is 0.411 e. The van der Waals surface area contributed by atoms with Crippen LogP contribution < -0.4 is 10.6 Å². The molecule has 2 aromatic carbocycles. The Morgan fingerprint density at radius 3 is 1.76 bits per heavy atom. The summed E-state index contributed by atoms with van der Waals surface area (Å²) in [6.45, 7) is 7.20. The topological polar surface area (TPSA) is 89.5 Å². The third-order valence-corrected chi connectivity index (χ3v) is 4.27. The smallest absolute Gasteiger partial charge is 0.411 e. The highest BCUT2D eigenvalue weighted by atomic mass is 35.5. The zero-order valence-corrected chi connectivity index (χ0v) is 16.2. The van der Waals surface area contributed by atoms with Crippen LogP contribution in [0.1, 0.15) is 0 Å². The normalized spacial score (nSPS) is 10.4. The van der Waals surface area contributed by atoms with Crippen LogP contribution in [0.15, 0.2) is 61.7 Å². The molecule has 0 radical (unpaired) electrons. The molecule has 3 rings (SSSR count). The van der Waals surface area contributed by atoms with Crippen LogP contribution >= 0.6 is 11.6 Å². The molecule has 7 nitrogen and oxygen atoms in total. The van der Waals surface area contributed by atoms with Crippen molar-refractivity contribution in [2.45, 2.75) is 0 Å². The summed E-state index contributed by atoms with van der Waals surface area (Å²) in [5, 5.41) is 6.98. The first-order valence-electron chi connectivity index (χ1n) is 8.64. The Hall–Kier alpha value is -3.58. The van der Waals surface area contributed by atoms with Crippen LogP contribution in [0.4, 0.5) is 21.0 Å². The van der Waals surface area contributed by atoms with Gasteiger partial charge in [-0.25, -0.2) is 14.6 Å². The van der Waals surface area contributed by atoms with E-state index in [4.69, 9.17) is 21.1 Å².